The Kier molecular flexibility index (Phi) is 3.17. The van der Waals surface area contributed by atoms with E-state index in [0.29, 0.717) is 28.8 Å². The van der Waals surface area contributed by atoms with Crippen molar-refractivity contribution in [3.63, 3.8) is 0 Å². The van der Waals surface area contributed by atoms with E-state index < -0.39 is 0 Å². The van der Waals surface area contributed by atoms with E-state index in [2.05, 4.69) is 18.8 Å². The summed E-state index contributed by atoms with van der Waals surface area (Å²) in [5, 5.41) is 0.592. The van der Waals surface area contributed by atoms with Crippen molar-refractivity contribution in [3.8, 4) is 0 Å². The summed E-state index contributed by atoms with van der Waals surface area (Å²) in [6.07, 6.45) is 0.642. The Balaban J connectivity index is 2.30. The second-order valence-electron chi connectivity index (χ2n) is 4.31. The lowest BCUT2D eigenvalue weighted by Gasteiger charge is -2.12. The van der Waals surface area contributed by atoms with Crippen LogP contribution in [0.4, 0.5) is 0 Å². The van der Waals surface area contributed by atoms with Gasteiger partial charge in [-0.05, 0) is 18.1 Å². The van der Waals surface area contributed by atoms with Gasteiger partial charge in [-0.1, -0.05) is 31.5 Å². The van der Waals surface area contributed by atoms with Gasteiger partial charge in [0, 0.05) is 12.5 Å². The lowest BCUT2D eigenvalue weighted by Crippen LogP contribution is -2.28. The van der Waals surface area contributed by atoms with Crippen molar-refractivity contribution in [3.05, 3.63) is 29.1 Å². The molecule has 1 unspecified atom stereocenters. The van der Waals surface area contributed by atoms with E-state index in [4.69, 9.17) is 21.8 Å². The molecule has 0 aliphatic heterocycles. The maximum Gasteiger partial charge on any atom is 0.197 e. The highest BCUT2D eigenvalue weighted by Gasteiger charge is 2.14. The molecule has 0 amide bonds. The summed E-state index contributed by atoms with van der Waals surface area (Å²) >= 11 is 6.00. The summed E-state index contributed by atoms with van der Waals surface area (Å²) in [5.41, 5.74) is 7.41. The van der Waals surface area contributed by atoms with Crippen LogP contribution in [0.5, 0.6) is 0 Å². The number of benzene rings is 1. The average Bonchev–Trinajstić information content (AvgIpc) is 2.61. The summed E-state index contributed by atoms with van der Waals surface area (Å²) in [5.74, 6) is 1.06. The van der Waals surface area contributed by atoms with Crippen LogP contribution in [0.2, 0.25) is 5.02 Å². The fraction of sp³-hybridized carbons (Fsp3) is 0.417. The second kappa shape index (κ2) is 4.44. The van der Waals surface area contributed by atoms with Crippen molar-refractivity contribution in [2.45, 2.75) is 26.3 Å². The lowest BCUT2D eigenvalue weighted by molar-refractivity contribution is 0.433. The number of nitrogens with zero attached hydrogens (tertiary/aromatic N) is 1. The molecule has 1 atom stereocenters. The smallest absolute Gasteiger partial charge is 0.197 e. The van der Waals surface area contributed by atoms with Gasteiger partial charge in [0.15, 0.2) is 11.5 Å². The van der Waals surface area contributed by atoms with Gasteiger partial charge in [0.05, 0.1) is 5.02 Å². The SMILES string of the molecule is CC(C)C(N)Cc1nc2cccc(Cl)c2o1. The number of oxazole rings is 1. The molecule has 0 bridgehead atoms. The first-order valence-corrected chi connectivity index (χ1v) is 5.75. The quantitative estimate of drug-likeness (QED) is 0.894. The highest BCUT2D eigenvalue weighted by Crippen LogP contribution is 2.24. The third-order valence-electron chi connectivity index (χ3n) is 2.68. The maximum atomic E-state index is 6.00. The normalized spacial score (nSPS) is 13.6. The lowest BCUT2D eigenvalue weighted by atomic mass is 10.0. The number of hydrogen-bond acceptors (Lipinski definition) is 3. The molecule has 0 radical (unpaired) electrons. The van der Waals surface area contributed by atoms with E-state index >= 15 is 0 Å². The zero-order chi connectivity index (χ0) is 11.7. The zero-order valence-corrected chi connectivity index (χ0v) is 10.2. The number of nitrogens with two attached hydrogens (primary N) is 1. The molecule has 1 aromatic carbocycles. The van der Waals surface area contributed by atoms with Crippen LogP contribution in [0, 0.1) is 5.92 Å². The van der Waals surface area contributed by atoms with E-state index in [1.807, 2.05) is 12.1 Å². The molecule has 2 rings (SSSR count). The minimum absolute atomic E-state index is 0.0619. The number of hydrogen-bond donors (Lipinski definition) is 1. The van der Waals surface area contributed by atoms with Crippen LogP contribution in [0.25, 0.3) is 11.1 Å². The maximum absolute atomic E-state index is 6.00. The molecule has 0 aliphatic carbocycles. The van der Waals surface area contributed by atoms with Gasteiger partial charge in [-0.15, -0.1) is 0 Å². The van der Waals surface area contributed by atoms with Crippen molar-refractivity contribution in [2.24, 2.45) is 11.7 Å². The van der Waals surface area contributed by atoms with Crippen LogP contribution in [-0.2, 0) is 6.42 Å². The fourth-order valence-electron chi connectivity index (χ4n) is 1.49. The summed E-state index contributed by atoms with van der Waals surface area (Å²) in [6.45, 7) is 4.17. The first kappa shape index (κ1) is 11.4. The van der Waals surface area contributed by atoms with Crippen molar-refractivity contribution in [1.82, 2.24) is 4.98 Å². The van der Waals surface area contributed by atoms with Gasteiger partial charge in [0.2, 0.25) is 0 Å². The Morgan fingerprint density at radius 1 is 1.44 bits per heavy atom. The molecule has 3 nitrogen and oxygen atoms in total. The van der Waals surface area contributed by atoms with E-state index in [1.165, 1.54) is 0 Å². The van der Waals surface area contributed by atoms with Crippen LogP contribution in [0.15, 0.2) is 22.6 Å². The van der Waals surface area contributed by atoms with Crippen molar-refractivity contribution < 1.29 is 4.42 Å². The van der Waals surface area contributed by atoms with Crippen molar-refractivity contribution >= 4 is 22.7 Å². The van der Waals surface area contributed by atoms with Gasteiger partial charge in [-0.2, -0.15) is 0 Å². The topological polar surface area (TPSA) is 52.0 Å². The standard InChI is InChI=1S/C12H15ClN2O/c1-7(2)9(14)6-11-15-10-5-3-4-8(13)12(10)16-11/h3-5,7,9H,6,14H2,1-2H3. The number of halogens is 1. The molecule has 4 heteroatoms. The highest BCUT2D eigenvalue weighted by atomic mass is 35.5. The second-order valence-corrected chi connectivity index (χ2v) is 4.71. The summed E-state index contributed by atoms with van der Waals surface area (Å²) in [6, 6.07) is 5.60. The van der Waals surface area contributed by atoms with Crippen molar-refractivity contribution in [1.29, 1.82) is 0 Å². The summed E-state index contributed by atoms with van der Waals surface area (Å²) < 4.78 is 5.60. The molecule has 0 saturated carbocycles. The molecule has 16 heavy (non-hydrogen) atoms. The Hall–Kier alpha value is -1.06. The third kappa shape index (κ3) is 2.20. The van der Waals surface area contributed by atoms with Gasteiger partial charge in [0.1, 0.15) is 5.52 Å². The fourth-order valence-corrected chi connectivity index (χ4v) is 1.69. The highest BCUT2D eigenvalue weighted by molar-refractivity contribution is 6.34. The molecule has 2 N–H and O–H groups in total. The van der Waals surface area contributed by atoms with Gasteiger partial charge in [-0.25, -0.2) is 4.98 Å². The minimum Gasteiger partial charge on any atom is -0.439 e. The Morgan fingerprint density at radius 3 is 2.81 bits per heavy atom. The van der Waals surface area contributed by atoms with Crippen LogP contribution in [0.3, 0.4) is 0 Å². The number of aromatic nitrogens is 1. The Labute approximate surface area is 99.6 Å². The Bertz CT molecular complexity index is 493. The molecule has 1 heterocycles. The monoisotopic (exact) mass is 238 g/mol. The Morgan fingerprint density at radius 2 is 2.19 bits per heavy atom. The van der Waals surface area contributed by atoms with Crippen LogP contribution >= 0.6 is 11.6 Å². The van der Waals surface area contributed by atoms with E-state index in [-0.39, 0.29) is 6.04 Å². The van der Waals surface area contributed by atoms with E-state index in [0.717, 1.165) is 5.52 Å². The van der Waals surface area contributed by atoms with Gasteiger partial charge in [0.25, 0.3) is 0 Å². The minimum atomic E-state index is 0.0619. The van der Waals surface area contributed by atoms with Gasteiger partial charge < -0.3 is 10.2 Å². The first-order valence-electron chi connectivity index (χ1n) is 5.37. The number of rotatable bonds is 3. The van der Waals surface area contributed by atoms with E-state index in [9.17, 15) is 0 Å². The summed E-state index contributed by atoms with van der Waals surface area (Å²) in [4.78, 5) is 4.36. The largest absolute Gasteiger partial charge is 0.439 e. The number of para-hydroxylation sites is 1. The zero-order valence-electron chi connectivity index (χ0n) is 9.40. The van der Waals surface area contributed by atoms with Crippen molar-refractivity contribution in [2.75, 3.05) is 0 Å². The molecule has 0 aliphatic rings. The molecule has 0 saturated heterocycles. The predicted molar refractivity (Wildman–Crippen MR) is 65.5 cm³/mol. The predicted octanol–water partition coefficient (Wildman–Crippen LogP) is 3.01. The first-order chi connectivity index (χ1) is 7.58. The van der Waals surface area contributed by atoms with Gasteiger partial charge >= 0.3 is 0 Å². The van der Waals surface area contributed by atoms with Crippen LogP contribution < -0.4 is 5.73 Å². The average molecular weight is 239 g/mol. The molecular weight excluding hydrogens is 224 g/mol. The molecule has 2 aromatic rings. The van der Waals surface area contributed by atoms with Gasteiger partial charge in [-0.3, -0.25) is 0 Å². The number of fused-ring (bicyclic) bond motifs is 1. The summed E-state index contributed by atoms with van der Waals surface area (Å²) in [7, 11) is 0. The molecule has 86 valence electrons. The van der Waals surface area contributed by atoms with E-state index in [1.54, 1.807) is 6.07 Å². The molecule has 0 spiro atoms. The molecule has 0 fully saturated rings. The molecule has 1 aromatic heterocycles. The molecular formula is C12H15ClN2O. The third-order valence-corrected chi connectivity index (χ3v) is 2.98. The van der Waals surface area contributed by atoms with Crippen LogP contribution in [0.1, 0.15) is 19.7 Å². The van der Waals surface area contributed by atoms with Crippen LogP contribution in [-0.4, -0.2) is 11.0 Å².